The van der Waals surface area contributed by atoms with E-state index in [2.05, 4.69) is 0 Å². The van der Waals surface area contributed by atoms with Crippen molar-refractivity contribution in [2.24, 2.45) is 0 Å². The number of hydrogen-bond acceptors (Lipinski definition) is 11. The van der Waals surface area contributed by atoms with E-state index < -0.39 is 72.8 Å². The lowest BCUT2D eigenvalue weighted by Gasteiger charge is -2.53. The maximum absolute atomic E-state index is 11.9. The van der Waals surface area contributed by atoms with E-state index in [0.29, 0.717) is 0 Å². The second kappa shape index (κ2) is 11.2. The Morgan fingerprint density at radius 2 is 1.41 bits per heavy atom. The molecule has 2 aliphatic rings. The van der Waals surface area contributed by atoms with Gasteiger partial charge >= 0.3 is 11.9 Å². The number of esters is 1. The highest BCUT2D eigenvalue weighted by Crippen LogP contribution is 2.40. The molecule has 0 bridgehead atoms. The van der Waals surface area contributed by atoms with E-state index in [1.807, 2.05) is 0 Å². The Kier molecular flexibility index (Phi) is 9.37. The molecule has 0 unspecified atom stereocenters. The zero-order chi connectivity index (χ0) is 24.2. The van der Waals surface area contributed by atoms with Gasteiger partial charge in [-0.05, 0) is 13.8 Å². The lowest BCUT2D eigenvalue weighted by Crippen LogP contribution is -2.70. The van der Waals surface area contributed by atoms with Gasteiger partial charge in [0, 0.05) is 42.5 Å². The number of ether oxygens (including phenoxy) is 9. The lowest BCUT2D eigenvalue weighted by atomic mass is 9.85. The number of aliphatic carboxylic acids is 1. The third-order valence-corrected chi connectivity index (χ3v) is 5.85. The first kappa shape index (κ1) is 26.9. The number of carbonyl (C=O) groups is 2. The van der Waals surface area contributed by atoms with Crippen molar-refractivity contribution in [3.05, 3.63) is 0 Å². The van der Waals surface area contributed by atoms with E-state index in [1.54, 1.807) is 13.8 Å². The molecule has 186 valence electrons. The molecule has 0 aliphatic carbocycles. The van der Waals surface area contributed by atoms with Gasteiger partial charge in [0.15, 0.2) is 24.8 Å². The maximum atomic E-state index is 11.9. The molecule has 12 heteroatoms. The lowest BCUT2D eigenvalue weighted by molar-refractivity contribution is -0.385. The molecule has 10 atom stereocenters. The smallest absolute Gasteiger partial charge is 0.335 e. The maximum Gasteiger partial charge on any atom is 0.335 e. The van der Waals surface area contributed by atoms with Crippen molar-refractivity contribution in [2.75, 3.05) is 35.5 Å². The normalized spacial score (nSPS) is 42.4. The van der Waals surface area contributed by atoms with E-state index in [4.69, 9.17) is 42.6 Å². The molecule has 0 aromatic carbocycles. The van der Waals surface area contributed by atoms with Crippen LogP contribution in [0.5, 0.6) is 0 Å². The van der Waals surface area contributed by atoms with Crippen LogP contribution in [0.4, 0.5) is 0 Å². The van der Waals surface area contributed by atoms with Crippen molar-refractivity contribution in [1.82, 2.24) is 0 Å². The van der Waals surface area contributed by atoms with Crippen molar-refractivity contribution in [3.63, 3.8) is 0 Å². The van der Waals surface area contributed by atoms with Crippen LogP contribution in [0.3, 0.4) is 0 Å². The van der Waals surface area contributed by atoms with Crippen LogP contribution in [0.1, 0.15) is 20.8 Å². The zero-order valence-corrected chi connectivity index (χ0v) is 19.6. The van der Waals surface area contributed by atoms with Crippen LogP contribution >= 0.6 is 0 Å². The minimum atomic E-state index is -1.46. The van der Waals surface area contributed by atoms with Gasteiger partial charge in [-0.1, -0.05) is 0 Å². The Hall–Kier alpha value is -1.38. The molecule has 2 fully saturated rings. The molecule has 2 heterocycles. The summed E-state index contributed by atoms with van der Waals surface area (Å²) in [5, 5.41) is 9.71. The number of hydrogen-bond donors (Lipinski definition) is 1. The number of carboxylic acids is 1. The van der Waals surface area contributed by atoms with Crippen molar-refractivity contribution >= 4 is 11.9 Å². The minimum Gasteiger partial charge on any atom is -0.479 e. The molecule has 0 radical (unpaired) electrons. The molecule has 0 aromatic heterocycles. The Bertz CT molecular complexity index is 644. The summed E-state index contributed by atoms with van der Waals surface area (Å²) < 4.78 is 50.9. The molecule has 2 saturated heterocycles. The molecular weight excluding hydrogens is 432 g/mol. The first-order valence-corrected chi connectivity index (χ1v) is 10.1. The molecule has 2 aliphatic heterocycles. The number of carboxylic acid groups (broad SMARTS) is 1. The summed E-state index contributed by atoms with van der Waals surface area (Å²) in [4.78, 5) is 23.8. The second-order valence-electron chi connectivity index (χ2n) is 7.80. The van der Waals surface area contributed by atoms with Gasteiger partial charge in [0.05, 0.1) is 6.10 Å². The molecular formula is C20H34O12. The van der Waals surface area contributed by atoms with Crippen molar-refractivity contribution in [1.29, 1.82) is 0 Å². The number of methoxy groups -OCH3 is 5. The standard InChI is InChI=1S/C20H34O12/c1-9-15(26-6)20(3,16(27-7)19(28-8)29-9)32-18-14(30-10(2)21)12(25-5)11(24-4)13(31-18)17(22)23/h9,11-16,18-19H,1-8H3,(H,22,23)/t9-,11-,12-,13-,14+,15-,16-,18-,19+,20+/m0/s1. The summed E-state index contributed by atoms with van der Waals surface area (Å²) >= 11 is 0. The van der Waals surface area contributed by atoms with Crippen molar-refractivity contribution < 1.29 is 57.3 Å². The topological polar surface area (TPSA) is 137 Å². The fourth-order valence-electron chi connectivity index (χ4n) is 4.53. The van der Waals surface area contributed by atoms with E-state index in [1.165, 1.54) is 42.5 Å². The fraction of sp³-hybridized carbons (Fsp3) is 0.900. The molecule has 0 saturated carbocycles. The molecule has 12 nitrogen and oxygen atoms in total. The fourth-order valence-corrected chi connectivity index (χ4v) is 4.53. The molecule has 0 amide bonds. The molecule has 32 heavy (non-hydrogen) atoms. The van der Waals surface area contributed by atoms with Gasteiger partial charge in [-0.2, -0.15) is 0 Å². The molecule has 0 spiro atoms. The Morgan fingerprint density at radius 1 is 0.812 bits per heavy atom. The average molecular weight is 466 g/mol. The van der Waals surface area contributed by atoms with E-state index in [0.717, 1.165) is 0 Å². The summed E-state index contributed by atoms with van der Waals surface area (Å²) in [6.45, 7) is 4.69. The van der Waals surface area contributed by atoms with Crippen LogP contribution in [0.25, 0.3) is 0 Å². The quantitative estimate of drug-likeness (QED) is 0.456. The van der Waals surface area contributed by atoms with Gasteiger partial charge in [-0.3, -0.25) is 4.79 Å². The monoisotopic (exact) mass is 466 g/mol. The summed E-state index contributed by atoms with van der Waals surface area (Å²) in [5.41, 5.74) is -1.27. The van der Waals surface area contributed by atoms with E-state index in [9.17, 15) is 14.7 Å². The highest BCUT2D eigenvalue weighted by Gasteiger charge is 2.60. The first-order chi connectivity index (χ1) is 15.1. The van der Waals surface area contributed by atoms with Gasteiger partial charge in [0.1, 0.15) is 30.0 Å². The Morgan fingerprint density at radius 3 is 1.84 bits per heavy atom. The van der Waals surface area contributed by atoms with Gasteiger partial charge in [-0.15, -0.1) is 0 Å². The minimum absolute atomic E-state index is 0.489. The van der Waals surface area contributed by atoms with Crippen LogP contribution in [-0.2, 0) is 52.2 Å². The van der Waals surface area contributed by atoms with Gasteiger partial charge < -0.3 is 47.7 Å². The zero-order valence-electron chi connectivity index (χ0n) is 19.6. The second-order valence-corrected chi connectivity index (χ2v) is 7.80. The summed E-state index contributed by atoms with van der Waals surface area (Å²) in [6.07, 6.45) is -8.81. The highest BCUT2D eigenvalue weighted by atomic mass is 16.8. The van der Waals surface area contributed by atoms with Crippen molar-refractivity contribution in [2.45, 2.75) is 81.7 Å². The van der Waals surface area contributed by atoms with Gasteiger partial charge in [-0.25, -0.2) is 4.79 Å². The summed E-state index contributed by atoms with van der Waals surface area (Å²) in [5.74, 6) is -1.93. The van der Waals surface area contributed by atoms with Crippen LogP contribution in [0, 0.1) is 0 Å². The predicted octanol–water partition coefficient (Wildman–Crippen LogP) is -0.0459. The summed E-state index contributed by atoms with van der Waals surface area (Å²) in [7, 11) is 7.06. The third kappa shape index (κ3) is 5.07. The largest absolute Gasteiger partial charge is 0.479 e. The number of rotatable bonds is 9. The predicted molar refractivity (Wildman–Crippen MR) is 106 cm³/mol. The Balaban J connectivity index is 2.51. The van der Waals surface area contributed by atoms with Crippen LogP contribution < -0.4 is 0 Å². The van der Waals surface area contributed by atoms with Crippen LogP contribution in [-0.4, -0.2) is 114 Å². The molecule has 0 aromatic rings. The van der Waals surface area contributed by atoms with E-state index in [-0.39, 0.29) is 0 Å². The first-order valence-electron chi connectivity index (χ1n) is 10.1. The molecule has 2 rings (SSSR count). The van der Waals surface area contributed by atoms with Gasteiger partial charge in [0.2, 0.25) is 0 Å². The molecule has 1 N–H and O–H groups in total. The Labute approximate surface area is 187 Å². The van der Waals surface area contributed by atoms with E-state index >= 15 is 0 Å². The SMILES string of the molecule is CO[C@@H]1O[C@@H](C)[C@H](OC)[C@@](C)(O[C@@H]2O[C@H](C(=O)O)[C@@H](OC)[C@H](OC)[C@H]2OC(C)=O)[C@H]1OC. The van der Waals surface area contributed by atoms with Crippen LogP contribution in [0.15, 0.2) is 0 Å². The average Bonchev–Trinajstić information content (AvgIpc) is 2.73. The number of carbonyl (C=O) groups excluding carboxylic acids is 1. The summed E-state index contributed by atoms with van der Waals surface area (Å²) in [6, 6.07) is 0. The van der Waals surface area contributed by atoms with Gasteiger partial charge in [0.25, 0.3) is 0 Å². The third-order valence-electron chi connectivity index (χ3n) is 5.85. The van der Waals surface area contributed by atoms with Crippen molar-refractivity contribution in [3.8, 4) is 0 Å². The van der Waals surface area contributed by atoms with Crippen LogP contribution in [0.2, 0.25) is 0 Å². The highest BCUT2D eigenvalue weighted by molar-refractivity contribution is 5.73.